The van der Waals surface area contributed by atoms with Crippen LogP contribution in [0.3, 0.4) is 0 Å². The van der Waals surface area contributed by atoms with E-state index in [-0.39, 0.29) is 5.91 Å². The largest absolute Gasteiger partial charge is 0.492 e. The number of hydrogen-bond donors (Lipinski definition) is 1. The first kappa shape index (κ1) is 21.9. The Morgan fingerprint density at radius 2 is 1.90 bits per heavy atom. The first-order chi connectivity index (χ1) is 14.5. The van der Waals surface area contributed by atoms with Gasteiger partial charge in [-0.3, -0.25) is 4.79 Å². The topological polar surface area (TPSA) is 59.4 Å². The van der Waals surface area contributed by atoms with Crippen molar-refractivity contribution in [3.63, 3.8) is 0 Å². The van der Waals surface area contributed by atoms with Gasteiger partial charge in [0.1, 0.15) is 12.4 Å². The van der Waals surface area contributed by atoms with E-state index in [2.05, 4.69) is 29.2 Å². The molecule has 2 aromatic carbocycles. The molecule has 0 saturated carbocycles. The number of rotatable bonds is 9. The molecule has 7 heteroatoms. The summed E-state index contributed by atoms with van der Waals surface area (Å²) in [6.45, 7) is 9.69. The third kappa shape index (κ3) is 5.40. The van der Waals surface area contributed by atoms with E-state index in [0.717, 1.165) is 36.8 Å². The van der Waals surface area contributed by atoms with Crippen LogP contribution in [-0.4, -0.2) is 46.8 Å². The van der Waals surface area contributed by atoms with Crippen molar-refractivity contribution in [3.05, 3.63) is 71.0 Å². The minimum absolute atomic E-state index is 0.212. The third-order valence-electron chi connectivity index (χ3n) is 4.99. The van der Waals surface area contributed by atoms with Gasteiger partial charge in [0.05, 0.1) is 23.1 Å². The fourth-order valence-corrected chi connectivity index (χ4v) is 3.35. The number of benzene rings is 2. The van der Waals surface area contributed by atoms with Crippen LogP contribution < -0.4 is 10.1 Å². The van der Waals surface area contributed by atoms with Crippen LogP contribution >= 0.6 is 11.6 Å². The van der Waals surface area contributed by atoms with Crippen LogP contribution in [0.4, 0.5) is 5.69 Å². The van der Waals surface area contributed by atoms with Gasteiger partial charge in [-0.05, 0) is 62.5 Å². The quantitative estimate of drug-likeness (QED) is 0.533. The molecule has 0 spiro atoms. The summed E-state index contributed by atoms with van der Waals surface area (Å²) < 4.78 is 7.49. The number of ether oxygens (including phenoxy) is 1. The Morgan fingerprint density at radius 3 is 2.57 bits per heavy atom. The smallest absolute Gasteiger partial charge is 0.259 e. The summed E-state index contributed by atoms with van der Waals surface area (Å²) in [6, 6.07) is 14.7. The summed E-state index contributed by atoms with van der Waals surface area (Å²) in [5.41, 5.74) is 2.76. The summed E-state index contributed by atoms with van der Waals surface area (Å²) in [6.07, 6.45) is 1.57. The average Bonchev–Trinajstić information content (AvgIpc) is 3.14. The van der Waals surface area contributed by atoms with E-state index in [0.29, 0.717) is 22.9 Å². The van der Waals surface area contributed by atoms with Crippen molar-refractivity contribution in [1.29, 1.82) is 0 Å². The Bertz CT molecular complexity index is 981. The monoisotopic (exact) mass is 426 g/mol. The van der Waals surface area contributed by atoms with Crippen LogP contribution in [0.15, 0.2) is 54.7 Å². The number of likely N-dealkylation sites (N-methyl/N-ethyl adjacent to an activating group) is 1. The van der Waals surface area contributed by atoms with Crippen molar-refractivity contribution in [2.45, 2.75) is 20.8 Å². The first-order valence-electron chi connectivity index (χ1n) is 10.1. The van der Waals surface area contributed by atoms with Gasteiger partial charge in [-0.15, -0.1) is 0 Å². The van der Waals surface area contributed by atoms with Crippen molar-refractivity contribution in [1.82, 2.24) is 14.7 Å². The van der Waals surface area contributed by atoms with Crippen molar-refractivity contribution in [2.75, 3.05) is 31.6 Å². The zero-order valence-corrected chi connectivity index (χ0v) is 18.3. The number of carbonyl (C=O) groups is 1. The summed E-state index contributed by atoms with van der Waals surface area (Å²) in [5, 5.41) is 7.87. The Kier molecular flexibility index (Phi) is 7.49. The van der Waals surface area contributed by atoms with Crippen molar-refractivity contribution in [2.24, 2.45) is 0 Å². The molecule has 30 heavy (non-hydrogen) atoms. The Hall–Kier alpha value is -2.83. The molecular formula is C23H27ClN4O2. The molecule has 0 bridgehead atoms. The number of nitrogens with zero attached hydrogens (tertiary/aromatic N) is 3. The normalized spacial score (nSPS) is 11.0. The lowest BCUT2D eigenvalue weighted by atomic mass is 10.2. The van der Waals surface area contributed by atoms with Crippen molar-refractivity contribution in [3.8, 4) is 11.4 Å². The van der Waals surface area contributed by atoms with Crippen LogP contribution in [0.1, 0.15) is 29.9 Å². The number of anilines is 1. The number of carbonyl (C=O) groups excluding carboxylic acids is 1. The molecule has 3 aromatic rings. The highest BCUT2D eigenvalue weighted by molar-refractivity contribution is 6.30. The van der Waals surface area contributed by atoms with Crippen LogP contribution in [0.25, 0.3) is 5.69 Å². The summed E-state index contributed by atoms with van der Waals surface area (Å²) >= 11 is 6.07. The molecule has 0 aliphatic carbocycles. The van der Waals surface area contributed by atoms with Crippen LogP contribution in [0.2, 0.25) is 5.02 Å². The van der Waals surface area contributed by atoms with Crippen molar-refractivity contribution < 1.29 is 9.53 Å². The molecule has 0 unspecified atom stereocenters. The second kappa shape index (κ2) is 10.3. The molecule has 0 saturated heterocycles. The van der Waals surface area contributed by atoms with Crippen LogP contribution in [0.5, 0.6) is 5.75 Å². The van der Waals surface area contributed by atoms with Gasteiger partial charge in [0.25, 0.3) is 5.91 Å². The average molecular weight is 427 g/mol. The maximum Gasteiger partial charge on any atom is 0.259 e. The second-order valence-corrected chi connectivity index (χ2v) is 7.33. The highest BCUT2D eigenvalue weighted by Crippen LogP contribution is 2.20. The maximum absolute atomic E-state index is 12.7. The molecule has 1 amide bonds. The van der Waals surface area contributed by atoms with Gasteiger partial charge in [0.2, 0.25) is 0 Å². The summed E-state index contributed by atoms with van der Waals surface area (Å²) in [5.74, 6) is 0.570. The molecule has 0 aliphatic heterocycles. The van der Waals surface area contributed by atoms with Gasteiger partial charge in [0, 0.05) is 17.3 Å². The van der Waals surface area contributed by atoms with Gasteiger partial charge in [-0.1, -0.05) is 31.5 Å². The van der Waals surface area contributed by atoms with E-state index in [4.69, 9.17) is 16.3 Å². The molecule has 3 rings (SSSR count). The molecule has 1 heterocycles. The second-order valence-electron chi connectivity index (χ2n) is 6.89. The van der Waals surface area contributed by atoms with E-state index in [1.54, 1.807) is 16.9 Å². The Labute approximate surface area is 182 Å². The lowest BCUT2D eigenvalue weighted by molar-refractivity contribution is 0.102. The van der Waals surface area contributed by atoms with E-state index in [1.165, 1.54) is 0 Å². The summed E-state index contributed by atoms with van der Waals surface area (Å²) in [4.78, 5) is 15.0. The fourth-order valence-electron chi connectivity index (χ4n) is 3.17. The highest BCUT2D eigenvalue weighted by atomic mass is 35.5. The lowest BCUT2D eigenvalue weighted by Gasteiger charge is -2.18. The molecule has 0 radical (unpaired) electrons. The molecule has 1 N–H and O–H groups in total. The van der Waals surface area contributed by atoms with Crippen LogP contribution in [0, 0.1) is 6.92 Å². The number of amides is 1. The first-order valence-corrected chi connectivity index (χ1v) is 10.5. The number of hydrogen-bond acceptors (Lipinski definition) is 4. The standard InChI is InChI=1S/C23H27ClN4O2/c1-4-27(5-2)13-14-30-21-11-9-19(10-12-21)26-23(29)22-16-25-28(17(22)3)20-8-6-7-18(24)15-20/h6-12,15-16H,4-5,13-14H2,1-3H3,(H,26,29). The predicted octanol–water partition coefficient (Wildman–Crippen LogP) is 4.81. The molecule has 0 aliphatic rings. The van der Waals surface area contributed by atoms with E-state index in [1.807, 2.05) is 49.4 Å². The summed E-state index contributed by atoms with van der Waals surface area (Å²) in [7, 11) is 0. The van der Waals surface area contributed by atoms with Gasteiger partial charge >= 0.3 is 0 Å². The molecule has 0 fully saturated rings. The Balaban J connectivity index is 1.61. The minimum Gasteiger partial charge on any atom is -0.492 e. The highest BCUT2D eigenvalue weighted by Gasteiger charge is 2.15. The molecule has 158 valence electrons. The fraction of sp³-hybridized carbons (Fsp3) is 0.304. The predicted molar refractivity (Wildman–Crippen MR) is 121 cm³/mol. The van der Waals surface area contributed by atoms with Gasteiger partial charge in [0.15, 0.2) is 0 Å². The molecular weight excluding hydrogens is 400 g/mol. The van der Waals surface area contributed by atoms with Crippen LogP contribution in [-0.2, 0) is 0 Å². The Morgan fingerprint density at radius 1 is 1.17 bits per heavy atom. The van der Waals surface area contributed by atoms with Gasteiger partial charge < -0.3 is 15.0 Å². The molecule has 1 aromatic heterocycles. The number of aromatic nitrogens is 2. The lowest BCUT2D eigenvalue weighted by Crippen LogP contribution is -2.27. The zero-order valence-electron chi connectivity index (χ0n) is 17.6. The zero-order chi connectivity index (χ0) is 21.5. The van der Waals surface area contributed by atoms with E-state index >= 15 is 0 Å². The van der Waals surface area contributed by atoms with Crippen molar-refractivity contribution >= 4 is 23.2 Å². The molecule has 6 nitrogen and oxygen atoms in total. The third-order valence-corrected chi connectivity index (χ3v) is 5.23. The maximum atomic E-state index is 12.7. The van der Waals surface area contributed by atoms with Gasteiger partial charge in [-0.25, -0.2) is 4.68 Å². The van der Waals surface area contributed by atoms with E-state index < -0.39 is 0 Å². The number of halogens is 1. The molecule has 0 atom stereocenters. The van der Waals surface area contributed by atoms with E-state index in [9.17, 15) is 4.79 Å². The minimum atomic E-state index is -0.212. The SMILES string of the molecule is CCN(CC)CCOc1ccc(NC(=O)c2cnn(-c3cccc(Cl)c3)c2C)cc1. The number of nitrogens with one attached hydrogen (secondary N) is 1. The van der Waals surface area contributed by atoms with Gasteiger partial charge in [-0.2, -0.15) is 5.10 Å².